The van der Waals surface area contributed by atoms with E-state index < -0.39 is 0 Å². The summed E-state index contributed by atoms with van der Waals surface area (Å²) in [6, 6.07) is 15.1. The minimum Gasteiger partial charge on any atom is -0.494 e. The molecule has 2 amide bonds. The van der Waals surface area contributed by atoms with Gasteiger partial charge in [-0.05, 0) is 42.8 Å². The van der Waals surface area contributed by atoms with Gasteiger partial charge in [0.1, 0.15) is 5.75 Å². The van der Waals surface area contributed by atoms with Crippen molar-refractivity contribution in [2.24, 2.45) is 0 Å². The molecule has 0 saturated heterocycles. The fourth-order valence-corrected chi connectivity index (χ4v) is 3.21. The number of amides is 2. The number of carbonyl (C=O) groups is 2. The lowest BCUT2D eigenvalue weighted by Crippen LogP contribution is -2.28. The molecule has 0 fully saturated rings. The number of fused-ring (bicyclic) bond motifs is 1. The van der Waals surface area contributed by atoms with Crippen LogP contribution in [0.5, 0.6) is 5.75 Å². The van der Waals surface area contributed by atoms with E-state index in [1.807, 2.05) is 55.5 Å². The largest absolute Gasteiger partial charge is 0.494 e. The summed E-state index contributed by atoms with van der Waals surface area (Å²) in [4.78, 5) is 26.0. The number of nitrogens with one attached hydrogen (secondary N) is 1. The summed E-state index contributed by atoms with van der Waals surface area (Å²) in [5.74, 6) is 0.737. The molecule has 0 aliphatic carbocycles. The summed E-state index contributed by atoms with van der Waals surface area (Å²) in [7, 11) is 0. The second-order valence-corrected chi connectivity index (χ2v) is 6.10. The maximum Gasteiger partial charge on any atom is 0.225 e. The molecular formula is C20H22N2O3. The molecule has 25 heavy (non-hydrogen) atoms. The smallest absolute Gasteiger partial charge is 0.225 e. The van der Waals surface area contributed by atoms with E-state index in [4.69, 9.17) is 4.74 Å². The molecule has 1 atom stereocenters. The average Bonchev–Trinajstić information content (AvgIpc) is 2.96. The van der Waals surface area contributed by atoms with Gasteiger partial charge in [0.25, 0.3) is 0 Å². The molecule has 1 unspecified atom stereocenters. The van der Waals surface area contributed by atoms with Crippen LogP contribution in [0.2, 0.25) is 0 Å². The fourth-order valence-electron chi connectivity index (χ4n) is 3.21. The van der Waals surface area contributed by atoms with Gasteiger partial charge in [0, 0.05) is 37.2 Å². The first-order chi connectivity index (χ1) is 12.1. The van der Waals surface area contributed by atoms with E-state index in [0.717, 1.165) is 22.7 Å². The third kappa shape index (κ3) is 3.82. The Labute approximate surface area is 147 Å². The van der Waals surface area contributed by atoms with Crippen molar-refractivity contribution in [3.05, 3.63) is 54.1 Å². The molecule has 0 bridgehead atoms. The maximum atomic E-state index is 12.4. The van der Waals surface area contributed by atoms with Crippen LogP contribution in [0.15, 0.2) is 48.5 Å². The molecule has 5 nitrogen and oxygen atoms in total. The van der Waals surface area contributed by atoms with E-state index in [2.05, 4.69) is 5.32 Å². The Hall–Kier alpha value is -2.82. The highest BCUT2D eigenvalue weighted by atomic mass is 16.5. The van der Waals surface area contributed by atoms with Crippen LogP contribution >= 0.6 is 0 Å². The third-order valence-electron chi connectivity index (χ3n) is 4.33. The van der Waals surface area contributed by atoms with Crippen molar-refractivity contribution in [3.8, 4) is 5.75 Å². The molecule has 2 aromatic rings. The van der Waals surface area contributed by atoms with Gasteiger partial charge in [-0.15, -0.1) is 0 Å². The first-order valence-electron chi connectivity index (χ1n) is 8.48. The highest BCUT2D eigenvalue weighted by Gasteiger charge is 2.31. The van der Waals surface area contributed by atoms with Crippen molar-refractivity contribution in [2.75, 3.05) is 23.4 Å². The van der Waals surface area contributed by atoms with Crippen molar-refractivity contribution < 1.29 is 14.3 Å². The summed E-state index contributed by atoms with van der Waals surface area (Å²) in [5.41, 5.74) is 2.71. The van der Waals surface area contributed by atoms with Gasteiger partial charge in [-0.1, -0.05) is 18.2 Å². The van der Waals surface area contributed by atoms with Gasteiger partial charge < -0.3 is 15.0 Å². The Kier molecular flexibility index (Phi) is 5.03. The number of ether oxygens (including phenoxy) is 1. The zero-order valence-electron chi connectivity index (χ0n) is 14.5. The van der Waals surface area contributed by atoms with Crippen molar-refractivity contribution in [1.29, 1.82) is 0 Å². The molecule has 0 saturated carbocycles. The second kappa shape index (κ2) is 7.38. The van der Waals surface area contributed by atoms with Crippen LogP contribution in [0.1, 0.15) is 31.7 Å². The molecule has 1 aliphatic heterocycles. The average molecular weight is 338 g/mol. The first-order valence-corrected chi connectivity index (χ1v) is 8.48. The molecule has 1 aliphatic rings. The van der Waals surface area contributed by atoms with Gasteiger partial charge in [0.2, 0.25) is 11.8 Å². The lowest BCUT2D eigenvalue weighted by molar-refractivity contribution is -0.118. The van der Waals surface area contributed by atoms with Crippen molar-refractivity contribution in [2.45, 2.75) is 26.2 Å². The maximum absolute atomic E-state index is 12.4. The molecule has 1 N–H and O–H groups in total. The molecule has 130 valence electrons. The van der Waals surface area contributed by atoms with E-state index in [1.54, 1.807) is 11.8 Å². The minimum absolute atomic E-state index is 0.00173. The Balaban J connectivity index is 1.66. The summed E-state index contributed by atoms with van der Waals surface area (Å²) < 4.78 is 5.40. The molecule has 0 radical (unpaired) electrons. The van der Waals surface area contributed by atoms with Crippen LogP contribution < -0.4 is 15.0 Å². The van der Waals surface area contributed by atoms with Crippen LogP contribution in [-0.4, -0.2) is 25.0 Å². The zero-order valence-corrected chi connectivity index (χ0v) is 14.5. The Bertz CT molecular complexity index is 771. The second-order valence-electron chi connectivity index (χ2n) is 6.10. The zero-order chi connectivity index (χ0) is 17.8. The van der Waals surface area contributed by atoms with E-state index in [0.29, 0.717) is 19.6 Å². The van der Waals surface area contributed by atoms with Crippen LogP contribution in [-0.2, 0) is 9.59 Å². The van der Waals surface area contributed by atoms with E-state index in [1.165, 1.54) is 0 Å². The standard InChI is InChI=1S/C20H22N2O3/c1-3-25-17-10-8-16(9-11-17)21-20(24)12-15-13-22(14(2)23)19-7-5-4-6-18(15)19/h4-11,15H,3,12-13H2,1-2H3,(H,21,24). The van der Waals surface area contributed by atoms with Gasteiger partial charge in [-0.25, -0.2) is 0 Å². The summed E-state index contributed by atoms with van der Waals surface area (Å²) in [6.07, 6.45) is 0.341. The van der Waals surface area contributed by atoms with Gasteiger partial charge in [-0.2, -0.15) is 0 Å². The minimum atomic E-state index is -0.0608. The number of rotatable bonds is 5. The normalized spacial score (nSPS) is 15.6. The first kappa shape index (κ1) is 17.0. The fraction of sp³-hybridized carbons (Fsp3) is 0.300. The lowest BCUT2D eigenvalue weighted by atomic mass is 9.97. The van der Waals surface area contributed by atoms with Crippen LogP contribution in [0.4, 0.5) is 11.4 Å². The third-order valence-corrected chi connectivity index (χ3v) is 4.33. The Morgan fingerprint density at radius 2 is 1.88 bits per heavy atom. The number of hydrogen-bond donors (Lipinski definition) is 1. The van der Waals surface area contributed by atoms with Gasteiger partial charge in [0.15, 0.2) is 0 Å². The van der Waals surface area contributed by atoms with Gasteiger partial charge in [0.05, 0.1) is 6.61 Å². The predicted octanol–water partition coefficient (Wildman–Crippen LogP) is 3.56. The topological polar surface area (TPSA) is 58.6 Å². The Morgan fingerprint density at radius 3 is 2.56 bits per heavy atom. The van der Waals surface area contributed by atoms with Gasteiger partial charge >= 0.3 is 0 Å². The number of nitrogens with zero attached hydrogens (tertiary/aromatic N) is 1. The van der Waals surface area contributed by atoms with Crippen molar-refractivity contribution in [1.82, 2.24) is 0 Å². The number of para-hydroxylation sites is 1. The molecule has 5 heteroatoms. The Morgan fingerprint density at radius 1 is 1.16 bits per heavy atom. The lowest BCUT2D eigenvalue weighted by Gasteiger charge is -2.15. The van der Waals surface area contributed by atoms with Crippen LogP contribution in [0.25, 0.3) is 0 Å². The number of hydrogen-bond acceptors (Lipinski definition) is 3. The summed E-state index contributed by atoms with van der Waals surface area (Å²) in [6.45, 7) is 4.64. The SMILES string of the molecule is CCOc1ccc(NC(=O)CC2CN(C(C)=O)c3ccccc32)cc1. The molecule has 2 aromatic carbocycles. The molecule has 0 spiro atoms. The molecule has 1 heterocycles. The van der Waals surface area contributed by atoms with Crippen LogP contribution in [0.3, 0.4) is 0 Å². The summed E-state index contributed by atoms with van der Waals surface area (Å²) >= 11 is 0. The number of carbonyl (C=O) groups excluding carboxylic acids is 2. The molecular weight excluding hydrogens is 316 g/mol. The van der Waals surface area contributed by atoms with Crippen LogP contribution in [0, 0.1) is 0 Å². The highest BCUT2D eigenvalue weighted by Crippen LogP contribution is 2.38. The predicted molar refractivity (Wildman–Crippen MR) is 98.1 cm³/mol. The number of benzene rings is 2. The van der Waals surface area contributed by atoms with E-state index in [9.17, 15) is 9.59 Å². The monoisotopic (exact) mass is 338 g/mol. The van der Waals surface area contributed by atoms with E-state index >= 15 is 0 Å². The molecule has 3 rings (SSSR count). The molecule has 0 aromatic heterocycles. The van der Waals surface area contributed by atoms with Crippen molar-refractivity contribution >= 4 is 23.2 Å². The highest BCUT2D eigenvalue weighted by molar-refractivity contribution is 5.96. The quantitative estimate of drug-likeness (QED) is 0.907. The van der Waals surface area contributed by atoms with E-state index in [-0.39, 0.29) is 17.7 Å². The summed E-state index contributed by atoms with van der Waals surface area (Å²) in [5, 5.41) is 2.92. The van der Waals surface area contributed by atoms with Gasteiger partial charge in [-0.3, -0.25) is 9.59 Å². The number of anilines is 2. The van der Waals surface area contributed by atoms with Crippen molar-refractivity contribution in [3.63, 3.8) is 0 Å².